The second-order valence-corrected chi connectivity index (χ2v) is 6.72. The minimum Gasteiger partial charge on any atom is -0.436 e. The predicted molar refractivity (Wildman–Crippen MR) is 102 cm³/mol. The summed E-state index contributed by atoms with van der Waals surface area (Å²) in [5.74, 6) is 1.03. The van der Waals surface area contributed by atoms with Crippen molar-refractivity contribution in [3.8, 4) is 22.9 Å². The van der Waals surface area contributed by atoms with Crippen molar-refractivity contribution in [1.29, 1.82) is 0 Å². The number of oxazole rings is 2. The molecule has 0 radical (unpaired) electrons. The maximum atomic E-state index is 6.02. The average molecular weight is 381 g/mol. The first kappa shape index (κ1) is 15.4. The molecule has 2 heterocycles. The molecule has 0 spiro atoms. The van der Waals surface area contributed by atoms with Gasteiger partial charge in [0.15, 0.2) is 11.2 Å². The lowest BCUT2D eigenvalue weighted by Gasteiger charge is -1.98. The highest BCUT2D eigenvalue weighted by molar-refractivity contribution is 6.31. The van der Waals surface area contributed by atoms with Crippen LogP contribution in [0.1, 0.15) is 0 Å². The van der Waals surface area contributed by atoms with Crippen molar-refractivity contribution in [3.05, 3.63) is 70.7 Å². The molecule has 3 aromatic carbocycles. The molecule has 0 saturated heterocycles. The van der Waals surface area contributed by atoms with Gasteiger partial charge in [0.1, 0.15) is 11.0 Å². The zero-order valence-electron chi connectivity index (χ0n) is 13.2. The van der Waals surface area contributed by atoms with E-state index in [1.165, 1.54) is 0 Å². The molecule has 0 aliphatic rings. The van der Waals surface area contributed by atoms with Crippen molar-refractivity contribution in [2.24, 2.45) is 0 Å². The lowest BCUT2D eigenvalue weighted by Crippen LogP contribution is -1.81. The van der Waals surface area contributed by atoms with Crippen molar-refractivity contribution in [2.45, 2.75) is 0 Å². The standard InChI is InChI=1S/C20H10Cl2N2O2/c21-13-4-6-17-15(9-13)23-19(25-17)11-2-1-3-12(8-11)20-24-16-10-14(22)5-7-18(16)26-20/h1-10H. The first-order valence-corrected chi connectivity index (χ1v) is 8.64. The number of aromatic nitrogens is 2. The minimum absolute atomic E-state index is 0.517. The highest BCUT2D eigenvalue weighted by Crippen LogP contribution is 2.31. The van der Waals surface area contributed by atoms with Crippen LogP contribution in [0.5, 0.6) is 0 Å². The fourth-order valence-electron chi connectivity index (χ4n) is 2.83. The first-order valence-electron chi connectivity index (χ1n) is 7.89. The summed E-state index contributed by atoms with van der Waals surface area (Å²) in [6.07, 6.45) is 0. The van der Waals surface area contributed by atoms with Crippen LogP contribution in [0.3, 0.4) is 0 Å². The van der Waals surface area contributed by atoms with E-state index < -0.39 is 0 Å². The van der Waals surface area contributed by atoms with Gasteiger partial charge in [-0.1, -0.05) is 29.3 Å². The molecule has 126 valence electrons. The van der Waals surface area contributed by atoms with Gasteiger partial charge in [0.2, 0.25) is 11.8 Å². The molecule has 6 heteroatoms. The number of fused-ring (bicyclic) bond motifs is 2. The summed E-state index contributed by atoms with van der Waals surface area (Å²) in [6, 6.07) is 18.4. The van der Waals surface area contributed by atoms with Crippen LogP contribution in [0, 0.1) is 0 Å². The van der Waals surface area contributed by atoms with Crippen LogP contribution < -0.4 is 0 Å². The third-order valence-corrected chi connectivity index (χ3v) is 4.53. The molecule has 0 N–H and O–H groups in total. The van der Waals surface area contributed by atoms with E-state index in [-0.39, 0.29) is 0 Å². The fourth-order valence-corrected chi connectivity index (χ4v) is 3.17. The Morgan fingerprint density at radius 2 is 1.12 bits per heavy atom. The van der Waals surface area contributed by atoms with Gasteiger partial charge in [-0.2, -0.15) is 0 Å². The van der Waals surface area contributed by atoms with Gasteiger partial charge in [-0.25, -0.2) is 9.97 Å². The third-order valence-electron chi connectivity index (χ3n) is 4.06. The summed E-state index contributed by atoms with van der Waals surface area (Å²) in [6.45, 7) is 0. The van der Waals surface area contributed by atoms with Crippen LogP contribution in [0.15, 0.2) is 69.5 Å². The molecule has 0 saturated carbocycles. The molecule has 0 unspecified atom stereocenters. The number of hydrogen-bond donors (Lipinski definition) is 0. The molecule has 0 aliphatic heterocycles. The summed E-state index contributed by atoms with van der Waals surface area (Å²) in [7, 11) is 0. The number of rotatable bonds is 2. The van der Waals surface area contributed by atoms with E-state index in [2.05, 4.69) is 9.97 Å². The monoisotopic (exact) mass is 380 g/mol. The van der Waals surface area contributed by atoms with Crippen molar-refractivity contribution >= 4 is 45.4 Å². The number of halogens is 2. The molecular formula is C20H10Cl2N2O2. The fraction of sp³-hybridized carbons (Fsp3) is 0. The molecule has 0 atom stereocenters. The van der Waals surface area contributed by atoms with E-state index >= 15 is 0 Å². The highest BCUT2D eigenvalue weighted by Gasteiger charge is 2.13. The van der Waals surface area contributed by atoms with E-state index in [9.17, 15) is 0 Å². The Morgan fingerprint density at radius 1 is 0.615 bits per heavy atom. The van der Waals surface area contributed by atoms with Gasteiger partial charge in [-0.15, -0.1) is 0 Å². The van der Waals surface area contributed by atoms with Gasteiger partial charge < -0.3 is 8.83 Å². The summed E-state index contributed by atoms with van der Waals surface area (Å²) in [5, 5.41) is 1.24. The zero-order valence-corrected chi connectivity index (χ0v) is 14.8. The van der Waals surface area contributed by atoms with Gasteiger partial charge in [0.05, 0.1) is 0 Å². The zero-order chi connectivity index (χ0) is 17.7. The lowest BCUT2D eigenvalue weighted by atomic mass is 10.1. The smallest absolute Gasteiger partial charge is 0.227 e. The van der Waals surface area contributed by atoms with Crippen molar-refractivity contribution < 1.29 is 8.83 Å². The number of nitrogens with zero attached hydrogens (tertiary/aromatic N) is 2. The Labute approximate surface area is 158 Å². The second-order valence-electron chi connectivity index (χ2n) is 5.84. The Morgan fingerprint density at radius 3 is 1.62 bits per heavy atom. The normalized spacial score (nSPS) is 11.5. The van der Waals surface area contributed by atoms with Crippen LogP contribution in [-0.2, 0) is 0 Å². The minimum atomic E-state index is 0.517. The maximum absolute atomic E-state index is 6.02. The largest absolute Gasteiger partial charge is 0.436 e. The Balaban J connectivity index is 1.60. The molecule has 5 rings (SSSR count). The van der Waals surface area contributed by atoms with E-state index in [1.54, 1.807) is 24.3 Å². The molecule has 0 aliphatic carbocycles. The highest BCUT2D eigenvalue weighted by atomic mass is 35.5. The molecular weight excluding hydrogens is 371 g/mol. The van der Waals surface area contributed by atoms with Crippen molar-refractivity contribution in [3.63, 3.8) is 0 Å². The summed E-state index contributed by atoms with van der Waals surface area (Å²) >= 11 is 12.0. The Kier molecular flexibility index (Phi) is 3.48. The molecule has 26 heavy (non-hydrogen) atoms. The van der Waals surface area contributed by atoms with Crippen molar-refractivity contribution in [2.75, 3.05) is 0 Å². The second kappa shape index (κ2) is 5.87. The quantitative estimate of drug-likeness (QED) is 0.345. The van der Waals surface area contributed by atoms with Crippen LogP contribution in [0.2, 0.25) is 10.0 Å². The number of benzene rings is 3. The van der Waals surface area contributed by atoms with Crippen molar-refractivity contribution in [1.82, 2.24) is 9.97 Å². The summed E-state index contributed by atoms with van der Waals surface area (Å²) < 4.78 is 11.7. The number of hydrogen-bond acceptors (Lipinski definition) is 4. The van der Waals surface area contributed by atoms with Gasteiger partial charge >= 0.3 is 0 Å². The van der Waals surface area contributed by atoms with Crippen LogP contribution in [0.25, 0.3) is 45.1 Å². The molecule has 4 nitrogen and oxygen atoms in total. The molecule has 2 aromatic heterocycles. The van der Waals surface area contributed by atoms with E-state index in [1.807, 2.05) is 36.4 Å². The van der Waals surface area contributed by atoms with Crippen LogP contribution in [-0.4, -0.2) is 9.97 Å². The van der Waals surface area contributed by atoms with Crippen LogP contribution >= 0.6 is 23.2 Å². The molecule has 0 fully saturated rings. The average Bonchev–Trinajstić information content (AvgIpc) is 3.25. The molecule has 0 amide bonds. The van der Waals surface area contributed by atoms with Gasteiger partial charge in [-0.05, 0) is 54.6 Å². The first-order chi connectivity index (χ1) is 12.7. The Hall–Kier alpha value is -2.82. The summed E-state index contributed by atoms with van der Waals surface area (Å²) in [5.41, 5.74) is 4.46. The Bertz CT molecular complexity index is 1180. The van der Waals surface area contributed by atoms with Gasteiger partial charge in [-0.3, -0.25) is 0 Å². The lowest BCUT2D eigenvalue weighted by molar-refractivity contribution is 0.617. The molecule has 5 aromatic rings. The molecule has 0 bridgehead atoms. The van der Waals surface area contributed by atoms with Gasteiger partial charge in [0, 0.05) is 21.2 Å². The summed E-state index contributed by atoms with van der Waals surface area (Å²) in [4.78, 5) is 9.03. The van der Waals surface area contributed by atoms with E-state index in [4.69, 9.17) is 32.0 Å². The predicted octanol–water partition coefficient (Wildman–Crippen LogP) is 6.61. The van der Waals surface area contributed by atoms with Crippen LogP contribution in [0.4, 0.5) is 0 Å². The SMILES string of the molecule is Clc1ccc2oc(-c3cccc(-c4nc5cc(Cl)ccc5o4)c3)nc2c1. The van der Waals surface area contributed by atoms with Gasteiger partial charge in [0.25, 0.3) is 0 Å². The van der Waals surface area contributed by atoms with E-state index in [0.717, 1.165) is 22.2 Å². The topological polar surface area (TPSA) is 52.1 Å². The van der Waals surface area contributed by atoms with E-state index in [0.29, 0.717) is 33.0 Å². The third kappa shape index (κ3) is 2.64. The maximum Gasteiger partial charge on any atom is 0.227 e.